The molecule has 0 amide bonds. The number of benzene rings is 2. The first-order valence-electron chi connectivity index (χ1n) is 8.98. The van der Waals surface area contributed by atoms with Crippen LogP contribution in [0, 0.1) is 4.77 Å². The second-order valence-corrected chi connectivity index (χ2v) is 8.05. The molecule has 27 heavy (non-hydrogen) atoms. The SMILES string of the molecule is CCn1c(O)c2n(c1=S)[C@H](c1ccccc1Br)c1[nH]c3ccccc3c1C2. The van der Waals surface area contributed by atoms with Crippen molar-refractivity contribution in [1.29, 1.82) is 0 Å². The van der Waals surface area contributed by atoms with Crippen molar-refractivity contribution < 1.29 is 5.11 Å². The summed E-state index contributed by atoms with van der Waals surface area (Å²) in [6.45, 7) is 2.64. The summed E-state index contributed by atoms with van der Waals surface area (Å²) in [5.74, 6) is 0.274. The minimum atomic E-state index is -0.113. The number of hydrogen-bond acceptors (Lipinski definition) is 2. The van der Waals surface area contributed by atoms with Crippen LogP contribution in [-0.4, -0.2) is 19.2 Å². The Balaban J connectivity index is 1.89. The largest absolute Gasteiger partial charge is 0.493 e. The van der Waals surface area contributed by atoms with Crippen molar-refractivity contribution in [3.8, 4) is 5.88 Å². The molecule has 136 valence electrons. The molecule has 2 aromatic heterocycles. The average Bonchev–Trinajstić information content (AvgIpc) is 3.16. The molecule has 0 saturated heterocycles. The lowest BCUT2D eigenvalue weighted by atomic mass is 9.93. The highest BCUT2D eigenvalue weighted by Crippen LogP contribution is 2.44. The summed E-state index contributed by atoms with van der Waals surface area (Å²) >= 11 is 9.48. The fourth-order valence-electron chi connectivity index (χ4n) is 4.25. The van der Waals surface area contributed by atoms with E-state index in [0.717, 1.165) is 26.9 Å². The van der Waals surface area contributed by atoms with Crippen LogP contribution in [0.1, 0.15) is 35.5 Å². The molecule has 0 aliphatic carbocycles. The van der Waals surface area contributed by atoms with Crippen molar-refractivity contribution in [1.82, 2.24) is 14.1 Å². The highest BCUT2D eigenvalue weighted by atomic mass is 79.9. The topological polar surface area (TPSA) is 45.9 Å². The predicted octanol–water partition coefficient (Wildman–Crippen LogP) is 5.53. The third kappa shape index (κ3) is 2.29. The fraction of sp³-hybridized carbons (Fsp3) is 0.190. The van der Waals surface area contributed by atoms with Gasteiger partial charge in [0, 0.05) is 34.0 Å². The van der Waals surface area contributed by atoms with E-state index in [1.54, 1.807) is 0 Å². The first kappa shape index (κ1) is 16.8. The Labute approximate surface area is 170 Å². The highest BCUT2D eigenvalue weighted by Gasteiger charge is 2.34. The highest BCUT2D eigenvalue weighted by molar-refractivity contribution is 9.10. The molecule has 0 fully saturated rings. The van der Waals surface area contributed by atoms with Crippen LogP contribution in [0.5, 0.6) is 5.88 Å². The molecule has 0 unspecified atom stereocenters. The normalized spacial score (nSPS) is 15.7. The number of aromatic amines is 1. The molecule has 1 aliphatic rings. The number of hydrogen-bond donors (Lipinski definition) is 2. The molecular weight excluding hydrogens is 422 g/mol. The van der Waals surface area contributed by atoms with Crippen LogP contribution in [-0.2, 0) is 13.0 Å². The van der Waals surface area contributed by atoms with Crippen LogP contribution in [0.4, 0.5) is 0 Å². The van der Waals surface area contributed by atoms with Gasteiger partial charge < -0.3 is 14.7 Å². The van der Waals surface area contributed by atoms with Crippen LogP contribution >= 0.6 is 28.1 Å². The molecule has 0 spiro atoms. The van der Waals surface area contributed by atoms with E-state index >= 15 is 0 Å². The Morgan fingerprint density at radius 2 is 1.93 bits per heavy atom. The van der Waals surface area contributed by atoms with Gasteiger partial charge in [-0.25, -0.2) is 0 Å². The maximum absolute atomic E-state index is 10.9. The molecule has 2 N–H and O–H groups in total. The Morgan fingerprint density at radius 3 is 2.70 bits per heavy atom. The second-order valence-electron chi connectivity index (χ2n) is 6.83. The number of nitrogens with zero attached hydrogens (tertiary/aromatic N) is 2. The summed E-state index contributed by atoms with van der Waals surface area (Å²) in [7, 11) is 0. The molecule has 0 radical (unpaired) electrons. The lowest BCUT2D eigenvalue weighted by Gasteiger charge is -2.27. The number of fused-ring (bicyclic) bond motifs is 4. The third-order valence-corrected chi connectivity index (χ3v) is 6.62. The van der Waals surface area contributed by atoms with Gasteiger partial charge in [0.15, 0.2) is 4.77 Å². The van der Waals surface area contributed by atoms with Crippen LogP contribution in [0.2, 0.25) is 0 Å². The standard InChI is InChI=1S/C21H18BrN3OS/c1-2-24-20(26)17-11-14-12-7-4-6-10-16(12)23-18(14)19(25(17)21(24)27)13-8-3-5-9-15(13)22/h3-10,19,23,26H,2,11H2,1H3/t19-/m1/s1. The van der Waals surface area contributed by atoms with Crippen molar-refractivity contribution in [2.75, 3.05) is 0 Å². The number of rotatable bonds is 2. The van der Waals surface area contributed by atoms with Crippen molar-refractivity contribution >= 4 is 39.1 Å². The first-order chi connectivity index (χ1) is 13.1. The number of para-hydroxylation sites is 1. The van der Waals surface area contributed by atoms with E-state index in [4.69, 9.17) is 12.2 Å². The lowest BCUT2D eigenvalue weighted by Crippen LogP contribution is -2.22. The van der Waals surface area contributed by atoms with Gasteiger partial charge in [0.25, 0.3) is 0 Å². The first-order valence-corrected chi connectivity index (χ1v) is 10.2. The summed E-state index contributed by atoms with van der Waals surface area (Å²) in [5.41, 5.74) is 5.47. The summed E-state index contributed by atoms with van der Waals surface area (Å²) in [5, 5.41) is 12.1. The van der Waals surface area contributed by atoms with E-state index in [-0.39, 0.29) is 11.9 Å². The van der Waals surface area contributed by atoms with Crippen LogP contribution in [0.25, 0.3) is 10.9 Å². The molecule has 0 bridgehead atoms. The van der Waals surface area contributed by atoms with Crippen molar-refractivity contribution in [2.24, 2.45) is 0 Å². The third-order valence-electron chi connectivity index (χ3n) is 5.48. The number of halogens is 1. The number of imidazole rings is 1. The zero-order chi connectivity index (χ0) is 18.7. The van der Waals surface area contributed by atoms with Crippen molar-refractivity contribution in [3.05, 3.63) is 80.3 Å². The van der Waals surface area contributed by atoms with Gasteiger partial charge in [-0.2, -0.15) is 0 Å². The Morgan fingerprint density at radius 1 is 1.19 bits per heavy atom. The summed E-state index contributed by atoms with van der Waals surface area (Å²) in [4.78, 5) is 3.63. The Kier molecular flexibility index (Phi) is 3.81. The number of aromatic hydroxyl groups is 1. The van der Waals surface area contributed by atoms with Gasteiger partial charge >= 0.3 is 0 Å². The van der Waals surface area contributed by atoms with Gasteiger partial charge in [-0.1, -0.05) is 52.3 Å². The van der Waals surface area contributed by atoms with Crippen molar-refractivity contribution in [3.63, 3.8) is 0 Å². The fourth-order valence-corrected chi connectivity index (χ4v) is 5.18. The molecule has 1 aliphatic heterocycles. The molecule has 5 rings (SSSR count). The Bertz CT molecular complexity index is 1250. The average molecular weight is 440 g/mol. The van der Waals surface area contributed by atoms with E-state index in [2.05, 4.69) is 49.7 Å². The predicted molar refractivity (Wildman–Crippen MR) is 113 cm³/mol. The van der Waals surface area contributed by atoms with Crippen LogP contribution in [0.3, 0.4) is 0 Å². The molecule has 2 aromatic carbocycles. The van der Waals surface area contributed by atoms with E-state index in [9.17, 15) is 5.11 Å². The number of aromatic nitrogens is 3. The molecule has 1 atom stereocenters. The van der Waals surface area contributed by atoms with E-state index < -0.39 is 0 Å². The molecule has 4 aromatic rings. The summed E-state index contributed by atoms with van der Waals surface area (Å²) in [6, 6.07) is 16.4. The van der Waals surface area contributed by atoms with Crippen LogP contribution in [0.15, 0.2) is 53.0 Å². The quantitative estimate of drug-likeness (QED) is 0.355. The minimum Gasteiger partial charge on any atom is -0.493 e. The molecule has 0 saturated carbocycles. The maximum atomic E-state index is 10.9. The van der Waals surface area contributed by atoms with Gasteiger partial charge in [-0.15, -0.1) is 0 Å². The molecular formula is C21H18BrN3OS. The monoisotopic (exact) mass is 439 g/mol. The minimum absolute atomic E-state index is 0.113. The maximum Gasteiger partial charge on any atom is 0.213 e. The summed E-state index contributed by atoms with van der Waals surface area (Å²) < 4.78 is 5.59. The van der Waals surface area contributed by atoms with Gasteiger partial charge in [0.2, 0.25) is 5.88 Å². The second kappa shape index (κ2) is 6.11. The van der Waals surface area contributed by atoms with E-state index in [1.165, 1.54) is 10.9 Å². The zero-order valence-corrected chi connectivity index (χ0v) is 17.1. The molecule has 6 heteroatoms. The van der Waals surface area contributed by atoms with E-state index in [0.29, 0.717) is 17.7 Å². The van der Waals surface area contributed by atoms with Crippen LogP contribution < -0.4 is 0 Å². The van der Waals surface area contributed by atoms with Gasteiger partial charge in [0.1, 0.15) is 6.04 Å². The molecule has 3 heterocycles. The number of H-pyrrole nitrogens is 1. The summed E-state index contributed by atoms with van der Waals surface area (Å²) in [6.07, 6.45) is 0.656. The van der Waals surface area contributed by atoms with Gasteiger partial charge in [-0.3, -0.25) is 4.57 Å². The number of nitrogens with one attached hydrogen (secondary N) is 1. The molecule has 4 nitrogen and oxygen atoms in total. The zero-order valence-electron chi connectivity index (χ0n) is 14.7. The smallest absolute Gasteiger partial charge is 0.213 e. The lowest BCUT2D eigenvalue weighted by molar-refractivity contribution is 0.414. The van der Waals surface area contributed by atoms with Gasteiger partial charge in [-0.05, 0) is 42.4 Å². The van der Waals surface area contributed by atoms with Crippen molar-refractivity contribution in [2.45, 2.75) is 25.9 Å². The van der Waals surface area contributed by atoms with Gasteiger partial charge in [0.05, 0.1) is 5.69 Å². The Hall–Kier alpha value is -2.31. The van der Waals surface area contributed by atoms with E-state index in [1.807, 2.05) is 35.8 Å².